The zero-order chi connectivity index (χ0) is 27.4. The molecule has 208 valence electrons. The smallest absolute Gasteiger partial charge is 0.371 e. The second kappa shape index (κ2) is 11.8. The lowest BCUT2D eigenvalue weighted by Crippen LogP contribution is -2.61. The van der Waals surface area contributed by atoms with Crippen molar-refractivity contribution in [2.45, 2.75) is 37.9 Å². The Kier molecular flexibility index (Phi) is 9.18. The summed E-state index contributed by atoms with van der Waals surface area (Å²) in [5, 5.41) is 0. The molecule has 0 bridgehead atoms. The van der Waals surface area contributed by atoms with Crippen LogP contribution in [0.2, 0.25) is 0 Å². The number of anilines is 1. The highest BCUT2D eigenvalue weighted by Crippen LogP contribution is 2.32. The minimum absolute atomic E-state index is 0.126. The van der Waals surface area contributed by atoms with E-state index in [1.807, 2.05) is 5.43 Å². The lowest BCUT2D eigenvalue weighted by atomic mass is 9.99. The van der Waals surface area contributed by atoms with Crippen LogP contribution in [0.3, 0.4) is 0 Å². The molecule has 16 heteroatoms. The monoisotopic (exact) mass is 541 g/mol. The van der Waals surface area contributed by atoms with Gasteiger partial charge in [-0.15, -0.1) is 0 Å². The van der Waals surface area contributed by atoms with Crippen molar-refractivity contribution < 1.29 is 40.7 Å². The molecule has 0 aromatic carbocycles. The first-order valence-electron chi connectivity index (χ1n) is 11.6. The fraction of sp³-hybridized carbons (Fsp3) is 0.714. The predicted molar refractivity (Wildman–Crippen MR) is 118 cm³/mol. The van der Waals surface area contributed by atoms with Crippen LogP contribution < -0.4 is 15.8 Å². The summed E-state index contributed by atoms with van der Waals surface area (Å²) in [5.41, 5.74) is 3.44. The summed E-state index contributed by atoms with van der Waals surface area (Å²) < 4.78 is 83.3. The normalized spacial score (nSPS) is 22.2. The van der Waals surface area contributed by atoms with E-state index in [1.54, 1.807) is 28.7 Å². The van der Waals surface area contributed by atoms with Crippen LogP contribution in [0.4, 0.5) is 32.3 Å². The fourth-order valence-corrected chi connectivity index (χ4v) is 4.19. The SMILES string of the molecule is C[C@@H](CN(C)CCC(=O)N1CCN(c2ncc(C(F)(F)F)cn2)CC1)OC1CNNC(=O)C1C(F)(F)F. The molecule has 2 saturated heterocycles. The number of likely N-dealkylation sites (N-methyl/N-ethyl adjacent to an activating group) is 1. The van der Waals surface area contributed by atoms with Crippen molar-refractivity contribution in [2.24, 2.45) is 5.92 Å². The molecule has 2 fully saturated rings. The van der Waals surface area contributed by atoms with Crippen LogP contribution in [0.1, 0.15) is 18.9 Å². The van der Waals surface area contributed by atoms with Gasteiger partial charge in [0.1, 0.15) is 0 Å². The Balaban J connectivity index is 1.40. The maximum atomic E-state index is 13.2. The van der Waals surface area contributed by atoms with Crippen molar-refractivity contribution in [2.75, 3.05) is 57.8 Å². The highest BCUT2D eigenvalue weighted by Gasteiger charge is 2.52. The van der Waals surface area contributed by atoms with Crippen molar-refractivity contribution in [1.82, 2.24) is 30.6 Å². The number of aromatic nitrogens is 2. The van der Waals surface area contributed by atoms with Gasteiger partial charge in [0, 0.05) is 64.6 Å². The van der Waals surface area contributed by atoms with Crippen molar-refractivity contribution in [3.63, 3.8) is 0 Å². The molecule has 2 N–H and O–H groups in total. The fourth-order valence-electron chi connectivity index (χ4n) is 4.19. The van der Waals surface area contributed by atoms with Crippen molar-refractivity contribution in [3.8, 4) is 0 Å². The van der Waals surface area contributed by atoms with Gasteiger partial charge in [0.05, 0.1) is 17.8 Å². The van der Waals surface area contributed by atoms with Gasteiger partial charge in [-0.3, -0.25) is 15.0 Å². The van der Waals surface area contributed by atoms with Crippen molar-refractivity contribution in [1.29, 1.82) is 0 Å². The third-order valence-corrected chi connectivity index (χ3v) is 6.09. The second-order valence-corrected chi connectivity index (χ2v) is 9.02. The first-order chi connectivity index (χ1) is 17.3. The molecule has 0 radical (unpaired) electrons. The molecule has 2 amide bonds. The average molecular weight is 541 g/mol. The van der Waals surface area contributed by atoms with Crippen molar-refractivity contribution in [3.05, 3.63) is 18.0 Å². The molecule has 10 nitrogen and oxygen atoms in total. The topological polar surface area (TPSA) is 103 Å². The van der Waals surface area contributed by atoms with E-state index >= 15 is 0 Å². The minimum Gasteiger partial charge on any atom is -0.371 e. The van der Waals surface area contributed by atoms with Gasteiger partial charge >= 0.3 is 12.4 Å². The Bertz CT molecular complexity index is 923. The Morgan fingerprint density at radius 1 is 1.16 bits per heavy atom. The number of piperazine rings is 1. The van der Waals surface area contributed by atoms with Gasteiger partial charge in [-0.05, 0) is 14.0 Å². The molecule has 3 atom stereocenters. The quantitative estimate of drug-likeness (QED) is 0.471. The molecule has 3 rings (SSSR count). The molecule has 3 heterocycles. The number of carbonyl (C=O) groups excluding carboxylic acids is 2. The summed E-state index contributed by atoms with van der Waals surface area (Å²) in [6.45, 7) is 3.41. The van der Waals surface area contributed by atoms with Crippen LogP contribution in [0.15, 0.2) is 12.4 Å². The van der Waals surface area contributed by atoms with Crippen LogP contribution >= 0.6 is 0 Å². The molecule has 0 aliphatic carbocycles. The van der Waals surface area contributed by atoms with Gasteiger partial charge in [-0.1, -0.05) is 0 Å². The van der Waals surface area contributed by atoms with Crippen LogP contribution in [0.25, 0.3) is 0 Å². The average Bonchev–Trinajstić information content (AvgIpc) is 2.81. The number of carbonyl (C=O) groups is 2. The highest BCUT2D eigenvalue weighted by atomic mass is 19.4. The van der Waals surface area contributed by atoms with E-state index in [0.717, 1.165) is 12.4 Å². The third-order valence-electron chi connectivity index (χ3n) is 6.09. The number of nitrogens with one attached hydrogen (secondary N) is 2. The molecule has 0 spiro atoms. The lowest BCUT2D eigenvalue weighted by Gasteiger charge is -2.35. The third kappa shape index (κ3) is 7.88. The van der Waals surface area contributed by atoms with Gasteiger partial charge < -0.3 is 19.4 Å². The Hall–Kier alpha value is -2.72. The van der Waals surface area contributed by atoms with Crippen LogP contribution in [-0.4, -0.2) is 103 Å². The van der Waals surface area contributed by atoms with Gasteiger partial charge in [0.15, 0.2) is 5.92 Å². The molecule has 2 aliphatic heterocycles. The maximum absolute atomic E-state index is 13.2. The Morgan fingerprint density at radius 2 is 1.78 bits per heavy atom. The number of ether oxygens (including phenoxy) is 1. The van der Waals surface area contributed by atoms with Crippen LogP contribution in [0, 0.1) is 5.92 Å². The lowest BCUT2D eigenvalue weighted by molar-refractivity contribution is -0.218. The molecule has 0 saturated carbocycles. The summed E-state index contributed by atoms with van der Waals surface area (Å²) in [4.78, 5) is 36.9. The van der Waals surface area contributed by atoms with E-state index in [4.69, 9.17) is 4.74 Å². The highest BCUT2D eigenvalue weighted by molar-refractivity contribution is 5.80. The molecule has 1 aromatic heterocycles. The Morgan fingerprint density at radius 3 is 2.35 bits per heavy atom. The zero-order valence-electron chi connectivity index (χ0n) is 20.3. The largest absolute Gasteiger partial charge is 0.419 e. The summed E-state index contributed by atoms with van der Waals surface area (Å²) in [6.07, 6.45) is -9.64. The molecular formula is C21H29F6N7O3. The summed E-state index contributed by atoms with van der Waals surface area (Å²) >= 11 is 0. The van der Waals surface area contributed by atoms with Gasteiger partial charge in [-0.25, -0.2) is 15.4 Å². The van der Waals surface area contributed by atoms with E-state index in [0.29, 0.717) is 32.7 Å². The molecular weight excluding hydrogens is 512 g/mol. The maximum Gasteiger partial charge on any atom is 0.419 e. The summed E-state index contributed by atoms with van der Waals surface area (Å²) in [6, 6.07) is 0. The first kappa shape index (κ1) is 28.8. The van der Waals surface area contributed by atoms with Crippen molar-refractivity contribution >= 4 is 17.8 Å². The number of hydrogen-bond donors (Lipinski definition) is 2. The molecule has 2 aliphatic rings. The van der Waals surface area contributed by atoms with Crippen LogP contribution in [-0.2, 0) is 20.5 Å². The predicted octanol–water partition coefficient (Wildman–Crippen LogP) is 1.05. The van der Waals surface area contributed by atoms with E-state index in [2.05, 4.69) is 15.4 Å². The number of alkyl halides is 6. The summed E-state index contributed by atoms with van der Waals surface area (Å²) in [7, 11) is 1.71. The van der Waals surface area contributed by atoms with E-state index < -0.39 is 41.9 Å². The molecule has 37 heavy (non-hydrogen) atoms. The van der Waals surface area contributed by atoms with E-state index in [-0.39, 0.29) is 31.4 Å². The number of nitrogens with zero attached hydrogens (tertiary/aromatic N) is 5. The number of hydrazine groups is 1. The van der Waals surface area contributed by atoms with Gasteiger partial charge in [0.25, 0.3) is 0 Å². The number of rotatable bonds is 8. The minimum atomic E-state index is -4.74. The van der Waals surface area contributed by atoms with Gasteiger partial charge in [0.2, 0.25) is 17.8 Å². The first-order valence-corrected chi connectivity index (χ1v) is 11.6. The standard InChI is InChI=1S/C21H29F6N7O3/c1-13(37-15-11-30-31-18(36)17(15)21(25,26)27)12-32(2)4-3-16(35)33-5-7-34(8-6-33)19-28-9-14(10-29-19)20(22,23)24/h9-10,13,15,17,30H,3-8,11-12H2,1-2H3,(H,31,36)/t13-,15?,17?/m0/s1. The van der Waals surface area contributed by atoms with Gasteiger partial charge in [-0.2, -0.15) is 26.3 Å². The second-order valence-electron chi connectivity index (χ2n) is 9.02. The van der Waals surface area contributed by atoms with Crippen LogP contribution in [0.5, 0.6) is 0 Å². The number of hydrogen-bond acceptors (Lipinski definition) is 8. The van der Waals surface area contributed by atoms with E-state index in [1.165, 1.54) is 0 Å². The zero-order valence-corrected chi connectivity index (χ0v) is 20.3. The number of amides is 2. The number of halogens is 6. The molecule has 2 unspecified atom stereocenters. The summed E-state index contributed by atoms with van der Waals surface area (Å²) in [5.74, 6) is -3.43. The van der Waals surface area contributed by atoms with E-state index in [9.17, 15) is 35.9 Å². The molecule has 1 aromatic rings. The Labute approximate surface area is 209 Å².